The zero-order chi connectivity index (χ0) is 23.6. The van der Waals surface area contributed by atoms with E-state index < -0.39 is 44.2 Å². The van der Waals surface area contributed by atoms with E-state index in [1.165, 1.54) is 12.1 Å². The summed E-state index contributed by atoms with van der Waals surface area (Å²) in [5, 5.41) is 0. The highest BCUT2D eigenvalue weighted by Crippen LogP contribution is 2.57. The summed E-state index contributed by atoms with van der Waals surface area (Å²) in [6.07, 6.45) is 0.191. The van der Waals surface area contributed by atoms with Crippen LogP contribution in [0.4, 0.5) is 18.0 Å². The molecule has 1 aliphatic carbocycles. The number of hydrogen-bond acceptors (Lipinski definition) is 5. The second-order valence-electron chi connectivity index (χ2n) is 9.96. The number of carbonyl (C=O) groups is 1. The van der Waals surface area contributed by atoms with Crippen molar-refractivity contribution in [2.45, 2.75) is 77.0 Å². The molecule has 1 aliphatic heterocycles. The Hall–Kier alpha value is -1.97. The van der Waals surface area contributed by atoms with Gasteiger partial charge in [-0.2, -0.15) is 21.6 Å². The number of nitrogens with zero attached hydrogens (tertiary/aromatic N) is 1. The first-order valence-electron chi connectivity index (χ1n) is 10.0. The fourth-order valence-corrected chi connectivity index (χ4v) is 5.18. The van der Waals surface area contributed by atoms with Crippen LogP contribution >= 0.6 is 0 Å². The van der Waals surface area contributed by atoms with E-state index in [-0.39, 0.29) is 12.2 Å². The third-order valence-corrected chi connectivity index (χ3v) is 7.69. The Morgan fingerprint density at radius 3 is 2.32 bits per heavy atom. The summed E-state index contributed by atoms with van der Waals surface area (Å²) in [5.74, 6) is -0.354. The van der Waals surface area contributed by atoms with Crippen molar-refractivity contribution in [3.05, 3.63) is 29.3 Å². The average molecular weight is 464 g/mol. The molecule has 6 nitrogen and oxygen atoms in total. The third kappa shape index (κ3) is 3.87. The Morgan fingerprint density at radius 1 is 1.16 bits per heavy atom. The number of benzene rings is 1. The molecule has 1 saturated heterocycles. The highest BCUT2D eigenvalue weighted by atomic mass is 32.2. The van der Waals surface area contributed by atoms with Gasteiger partial charge >= 0.3 is 21.7 Å². The molecule has 2 aliphatic rings. The molecular formula is C21H28F3NO5S. The quantitative estimate of drug-likeness (QED) is 0.467. The third-order valence-electron chi connectivity index (χ3n) is 6.72. The molecule has 31 heavy (non-hydrogen) atoms. The molecule has 1 aromatic carbocycles. The topological polar surface area (TPSA) is 72.9 Å². The predicted octanol–water partition coefficient (Wildman–Crippen LogP) is 4.76. The van der Waals surface area contributed by atoms with E-state index in [1.807, 2.05) is 20.8 Å². The number of alkyl halides is 3. The van der Waals surface area contributed by atoms with Crippen molar-refractivity contribution in [2.75, 3.05) is 6.54 Å². The molecule has 2 atom stereocenters. The molecule has 1 heterocycles. The van der Waals surface area contributed by atoms with Gasteiger partial charge in [0, 0.05) is 23.6 Å². The fraction of sp³-hybridized carbons (Fsp3) is 0.667. The molecule has 10 heteroatoms. The number of fused-ring (bicyclic) bond motifs is 4. The predicted molar refractivity (Wildman–Crippen MR) is 108 cm³/mol. The first kappa shape index (κ1) is 23.7. The lowest BCUT2D eigenvalue weighted by Gasteiger charge is -2.60. The second kappa shape index (κ2) is 7.02. The molecule has 2 bridgehead atoms. The highest BCUT2D eigenvalue weighted by Gasteiger charge is 2.58. The largest absolute Gasteiger partial charge is 0.534 e. The van der Waals surface area contributed by atoms with Gasteiger partial charge in [-0.1, -0.05) is 32.9 Å². The van der Waals surface area contributed by atoms with E-state index in [4.69, 9.17) is 4.74 Å². The summed E-state index contributed by atoms with van der Waals surface area (Å²) in [7, 11) is -5.82. The maximum atomic E-state index is 12.9. The Bertz CT molecular complexity index is 997. The van der Waals surface area contributed by atoms with Crippen LogP contribution in [-0.4, -0.2) is 43.1 Å². The second-order valence-corrected chi connectivity index (χ2v) is 11.5. The number of carbonyl (C=O) groups excluding carboxylic acids is 1. The van der Waals surface area contributed by atoms with Gasteiger partial charge in [-0.25, -0.2) is 4.79 Å². The molecule has 0 N–H and O–H groups in total. The van der Waals surface area contributed by atoms with Crippen molar-refractivity contribution in [1.29, 1.82) is 0 Å². The van der Waals surface area contributed by atoms with Gasteiger partial charge in [0.25, 0.3) is 0 Å². The fourth-order valence-electron chi connectivity index (χ4n) is 4.70. The molecule has 2 unspecified atom stereocenters. The maximum Gasteiger partial charge on any atom is 0.534 e. The number of ether oxygens (including phenoxy) is 1. The van der Waals surface area contributed by atoms with Crippen molar-refractivity contribution in [1.82, 2.24) is 4.90 Å². The van der Waals surface area contributed by atoms with Gasteiger partial charge in [0.05, 0.1) is 0 Å². The minimum absolute atomic E-state index is 0.153. The monoisotopic (exact) mass is 463 g/mol. The average Bonchev–Trinajstić information content (AvgIpc) is 2.55. The van der Waals surface area contributed by atoms with Crippen LogP contribution in [0.5, 0.6) is 5.75 Å². The maximum absolute atomic E-state index is 12.9. The number of hydrogen-bond donors (Lipinski definition) is 0. The SMILES string of the molecule is CC(C)(C)OC(=O)N1CCC2(C)c3cccc(OS(=O)(=O)C(F)(F)F)c3CC1C2(C)C. The number of piperidine rings is 1. The van der Waals surface area contributed by atoms with Gasteiger partial charge in [-0.15, -0.1) is 0 Å². The van der Waals surface area contributed by atoms with Crippen LogP contribution < -0.4 is 4.18 Å². The molecule has 174 valence electrons. The summed E-state index contributed by atoms with van der Waals surface area (Å²) < 4.78 is 72.2. The molecule has 0 aromatic heterocycles. The van der Waals surface area contributed by atoms with E-state index >= 15 is 0 Å². The summed E-state index contributed by atoms with van der Waals surface area (Å²) in [6, 6.07) is 4.11. The summed E-state index contributed by atoms with van der Waals surface area (Å²) in [5.41, 5.74) is -6.08. The smallest absolute Gasteiger partial charge is 0.444 e. The van der Waals surface area contributed by atoms with Crippen molar-refractivity contribution >= 4 is 16.2 Å². The van der Waals surface area contributed by atoms with Crippen molar-refractivity contribution < 1.29 is 35.3 Å². The Labute approximate surface area is 180 Å². The summed E-state index contributed by atoms with van der Waals surface area (Å²) >= 11 is 0. The zero-order valence-electron chi connectivity index (χ0n) is 18.5. The Morgan fingerprint density at radius 2 is 1.77 bits per heavy atom. The van der Waals surface area contributed by atoms with Crippen LogP contribution in [0.25, 0.3) is 0 Å². The molecule has 0 radical (unpaired) electrons. The molecule has 1 aromatic rings. The van der Waals surface area contributed by atoms with Crippen LogP contribution in [-0.2, 0) is 26.7 Å². The van der Waals surface area contributed by atoms with E-state index in [2.05, 4.69) is 4.18 Å². The molecule has 1 amide bonds. The van der Waals surface area contributed by atoms with Crippen molar-refractivity contribution in [3.63, 3.8) is 0 Å². The standard InChI is InChI=1S/C21H28F3NO5S/c1-18(2,3)29-17(26)25-11-10-20(6)14-8-7-9-15(30-31(27,28)21(22,23)24)13(14)12-16(25)19(20,4)5/h7-9,16H,10-12H2,1-6H3. The first-order chi connectivity index (χ1) is 13.9. The van der Waals surface area contributed by atoms with Gasteiger partial charge in [-0.05, 0) is 50.7 Å². The molecule has 3 rings (SSSR count). The Kier molecular flexibility index (Phi) is 5.36. The zero-order valence-corrected chi connectivity index (χ0v) is 19.3. The van der Waals surface area contributed by atoms with E-state index in [1.54, 1.807) is 31.7 Å². The van der Waals surface area contributed by atoms with Crippen molar-refractivity contribution in [3.8, 4) is 5.75 Å². The minimum atomic E-state index is -5.82. The number of amides is 1. The van der Waals surface area contributed by atoms with Crippen LogP contribution in [0.2, 0.25) is 0 Å². The summed E-state index contributed by atoms with van der Waals surface area (Å²) in [4.78, 5) is 14.5. The number of rotatable bonds is 2. The number of likely N-dealkylation sites (tertiary alicyclic amines) is 1. The summed E-state index contributed by atoms with van der Waals surface area (Å²) in [6.45, 7) is 11.7. The molecular weight excluding hydrogens is 435 g/mol. The van der Waals surface area contributed by atoms with Crippen LogP contribution in [0.15, 0.2) is 18.2 Å². The van der Waals surface area contributed by atoms with Gasteiger partial charge in [0.2, 0.25) is 0 Å². The molecule has 0 saturated carbocycles. The van der Waals surface area contributed by atoms with Crippen LogP contribution in [0, 0.1) is 5.41 Å². The molecule has 1 fully saturated rings. The van der Waals surface area contributed by atoms with Gasteiger partial charge < -0.3 is 13.8 Å². The van der Waals surface area contributed by atoms with E-state index in [9.17, 15) is 26.4 Å². The minimum Gasteiger partial charge on any atom is -0.444 e. The van der Waals surface area contributed by atoms with Gasteiger partial charge in [-0.3, -0.25) is 0 Å². The lowest BCUT2D eigenvalue weighted by atomic mass is 9.51. The van der Waals surface area contributed by atoms with Crippen LogP contribution in [0.3, 0.4) is 0 Å². The normalized spacial score (nSPS) is 25.6. The van der Waals surface area contributed by atoms with E-state index in [0.29, 0.717) is 18.5 Å². The highest BCUT2D eigenvalue weighted by molar-refractivity contribution is 7.88. The van der Waals surface area contributed by atoms with Crippen molar-refractivity contribution in [2.24, 2.45) is 5.41 Å². The lowest BCUT2D eigenvalue weighted by Crippen LogP contribution is -2.65. The van der Waals surface area contributed by atoms with Gasteiger partial charge in [0.1, 0.15) is 11.4 Å². The first-order valence-corrected chi connectivity index (χ1v) is 11.4. The van der Waals surface area contributed by atoms with Gasteiger partial charge in [0.15, 0.2) is 0 Å². The van der Waals surface area contributed by atoms with Crippen LogP contribution in [0.1, 0.15) is 59.1 Å². The van der Waals surface area contributed by atoms with E-state index in [0.717, 1.165) is 5.56 Å². The number of halogens is 3. The Balaban J connectivity index is 2.08. The molecule has 0 spiro atoms. The lowest BCUT2D eigenvalue weighted by molar-refractivity contribution is -0.0530.